The lowest BCUT2D eigenvalue weighted by Gasteiger charge is -2.21. The van der Waals surface area contributed by atoms with Gasteiger partial charge in [0.15, 0.2) is 0 Å². The average Bonchev–Trinajstić information content (AvgIpc) is 2.42. The minimum atomic E-state index is -2.15. The third-order valence-electron chi connectivity index (χ3n) is 3.88. The maximum absolute atomic E-state index is 6.64. The van der Waals surface area contributed by atoms with Crippen LogP contribution in [0.3, 0.4) is 0 Å². The molecule has 1 aromatic rings. The number of hydrogen-bond donors (Lipinski definition) is 0. The van der Waals surface area contributed by atoms with Crippen LogP contribution in [0, 0.1) is 0 Å². The molecule has 0 amide bonds. The van der Waals surface area contributed by atoms with E-state index < -0.39 is 13.4 Å². The summed E-state index contributed by atoms with van der Waals surface area (Å²) in [5.74, 6) is 0.432. The van der Waals surface area contributed by atoms with Crippen LogP contribution < -0.4 is 0 Å². The minimum Gasteiger partial charge on any atom is -0.146 e. The van der Waals surface area contributed by atoms with E-state index in [9.17, 15) is 0 Å². The van der Waals surface area contributed by atoms with Gasteiger partial charge in [0.1, 0.15) is 0 Å². The molecular weight excluding hydrogens is 390 g/mol. The van der Waals surface area contributed by atoms with Crippen molar-refractivity contribution in [3.63, 3.8) is 0 Å². The molecule has 0 aliphatic carbocycles. The molecule has 22 heavy (non-hydrogen) atoms. The second kappa shape index (κ2) is 9.95. The highest BCUT2D eigenvalue weighted by molar-refractivity contribution is 7.45. The summed E-state index contributed by atoms with van der Waals surface area (Å²) in [6, 6.07) is 13.4. The van der Waals surface area contributed by atoms with Crippen LogP contribution in [-0.4, -0.2) is 13.4 Å². The van der Waals surface area contributed by atoms with Crippen LogP contribution >= 0.6 is 44.3 Å². The Labute approximate surface area is 156 Å². The second-order valence-corrected chi connectivity index (χ2v) is 22.1. The van der Waals surface area contributed by atoms with Crippen molar-refractivity contribution in [3.8, 4) is 0 Å². The monoisotopic (exact) mass is 414 g/mol. The smallest absolute Gasteiger partial charge is 0.146 e. The Morgan fingerprint density at radius 1 is 0.864 bits per heavy atom. The molecule has 0 bridgehead atoms. The van der Waals surface area contributed by atoms with Crippen molar-refractivity contribution in [2.75, 3.05) is 0 Å². The largest absolute Gasteiger partial charge is 0.251 e. The quantitative estimate of drug-likeness (QED) is 0.207. The van der Waals surface area contributed by atoms with Crippen molar-refractivity contribution in [3.05, 3.63) is 35.9 Å². The normalized spacial score (nSPS) is 14.1. The van der Waals surface area contributed by atoms with E-state index in [1.54, 1.807) is 0 Å². The highest BCUT2D eigenvalue weighted by Crippen LogP contribution is 2.35. The predicted octanol–water partition coefficient (Wildman–Crippen LogP) is 7.82. The van der Waals surface area contributed by atoms with Gasteiger partial charge in [0.2, 0.25) is 6.69 Å². The average molecular weight is 416 g/mol. The first-order valence-electron chi connectivity index (χ1n) is 8.00. The second-order valence-electron chi connectivity index (χ2n) is 6.36. The topological polar surface area (TPSA) is 0 Å². The molecule has 0 radical (unpaired) electrons. The van der Waals surface area contributed by atoms with Gasteiger partial charge in [0.25, 0.3) is 6.69 Å². The molecule has 0 nitrogen and oxygen atoms in total. The lowest BCUT2D eigenvalue weighted by atomic mass is 10.0. The van der Waals surface area contributed by atoms with Gasteiger partial charge in [-0.05, 0) is 36.2 Å². The predicted molar refractivity (Wildman–Crippen MR) is 109 cm³/mol. The Balaban J connectivity index is 2.23. The molecule has 1 atom stereocenters. The van der Waals surface area contributed by atoms with Crippen molar-refractivity contribution in [1.82, 2.24) is 0 Å². The molecule has 0 aliphatic rings. The Bertz CT molecular complexity index is 418. The van der Waals surface area contributed by atoms with E-state index in [4.69, 9.17) is 44.3 Å². The zero-order chi connectivity index (χ0) is 16.6. The molecule has 0 aromatic heterocycles. The van der Waals surface area contributed by atoms with Gasteiger partial charge in [0, 0.05) is 0 Å². The fourth-order valence-electron chi connectivity index (χ4n) is 2.62. The fraction of sp³-hybridized carbons (Fsp3) is 0.625. The zero-order valence-corrected chi connectivity index (χ0v) is 18.4. The number of rotatable bonds is 10. The molecule has 1 unspecified atom stereocenters. The van der Waals surface area contributed by atoms with Crippen LogP contribution in [-0.2, 0) is 0 Å². The Kier molecular flexibility index (Phi) is 9.44. The first kappa shape index (κ1) is 20.9. The summed E-state index contributed by atoms with van der Waals surface area (Å²) in [6.07, 6.45) is 4.58. The van der Waals surface area contributed by atoms with Crippen LogP contribution in [0.5, 0.6) is 0 Å². The van der Waals surface area contributed by atoms with Gasteiger partial charge in [-0.15, -0.1) is 44.3 Å². The summed E-state index contributed by atoms with van der Waals surface area (Å²) in [4.78, 5) is 0. The standard InChI is InChI=1S/C16H26Cl4Si2/c1-15(16-10-6-5-7-11-16)14-22(19,20)13-9-4-3-8-12-21(2,17)18/h5-7,10-11,15H,3-4,8-9,12-14H2,1-2H3. The van der Waals surface area contributed by atoms with Crippen molar-refractivity contribution in [2.45, 2.75) is 63.2 Å². The summed E-state index contributed by atoms with van der Waals surface area (Å²) in [5, 5.41) is 0. The fourth-order valence-corrected chi connectivity index (χ4v) is 8.59. The molecular formula is C16H26Cl4Si2. The van der Waals surface area contributed by atoms with E-state index in [0.717, 1.165) is 31.0 Å². The van der Waals surface area contributed by atoms with Crippen molar-refractivity contribution in [1.29, 1.82) is 0 Å². The lowest BCUT2D eigenvalue weighted by molar-refractivity contribution is 0.694. The van der Waals surface area contributed by atoms with E-state index in [2.05, 4.69) is 31.2 Å². The maximum atomic E-state index is 6.64. The van der Waals surface area contributed by atoms with Crippen LogP contribution in [0.2, 0.25) is 24.7 Å². The Hall–Kier alpha value is 0.814. The SMILES string of the molecule is CC(C[Si](Cl)(Cl)CCCCCC[Si](C)(Cl)Cl)c1ccccc1. The molecule has 6 heteroatoms. The molecule has 0 heterocycles. The van der Waals surface area contributed by atoms with Gasteiger partial charge >= 0.3 is 0 Å². The number of halogens is 4. The van der Waals surface area contributed by atoms with E-state index in [-0.39, 0.29) is 0 Å². The Morgan fingerprint density at radius 2 is 1.41 bits per heavy atom. The summed E-state index contributed by atoms with van der Waals surface area (Å²) >= 11 is 25.5. The van der Waals surface area contributed by atoms with Gasteiger partial charge in [-0.1, -0.05) is 62.9 Å². The van der Waals surface area contributed by atoms with Crippen LogP contribution in [0.1, 0.15) is 44.1 Å². The van der Waals surface area contributed by atoms with Gasteiger partial charge in [-0.2, -0.15) is 0 Å². The van der Waals surface area contributed by atoms with Gasteiger partial charge in [-0.3, -0.25) is 0 Å². The van der Waals surface area contributed by atoms with Gasteiger partial charge in [0.05, 0.1) is 0 Å². The molecule has 1 aromatic carbocycles. The first-order valence-corrected chi connectivity index (χ1v) is 17.2. The highest BCUT2D eigenvalue weighted by Gasteiger charge is 2.30. The van der Waals surface area contributed by atoms with Crippen molar-refractivity contribution >= 4 is 57.7 Å². The van der Waals surface area contributed by atoms with Crippen LogP contribution in [0.25, 0.3) is 0 Å². The minimum absolute atomic E-state index is 0.432. The number of benzene rings is 1. The van der Waals surface area contributed by atoms with Gasteiger partial charge in [-0.25, -0.2) is 0 Å². The maximum Gasteiger partial charge on any atom is 0.251 e. The number of hydrogen-bond acceptors (Lipinski definition) is 0. The molecule has 126 valence electrons. The van der Waals surface area contributed by atoms with E-state index in [1.807, 2.05) is 12.6 Å². The highest BCUT2D eigenvalue weighted by atomic mass is 35.7. The van der Waals surface area contributed by atoms with Crippen LogP contribution in [0.4, 0.5) is 0 Å². The molecule has 0 spiro atoms. The molecule has 0 fully saturated rings. The Morgan fingerprint density at radius 3 is 1.95 bits per heavy atom. The summed E-state index contributed by atoms with van der Waals surface area (Å²) in [7, 11) is 0. The third-order valence-corrected chi connectivity index (χ3v) is 10.6. The third kappa shape index (κ3) is 9.84. The first-order chi connectivity index (χ1) is 10.2. The van der Waals surface area contributed by atoms with E-state index in [1.165, 1.54) is 18.4 Å². The van der Waals surface area contributed by atoms with Gasteiger partial charge < -0.3 is 0 Å². The molecule has 0 saturated heterocycles. The molecule has 0 N–H and O–H groups in total. The molecule has 0 saturated carbocycles. The van der Waals surface area contributed by atoms with Crippen molar-refractivity contribution in [2.24, 2.45) is 0 Å². The van der Waals surface area contributed by atoms with E-state index >= 15 is 0 Å². The lowest BCUT2D eigenvalue weighted by Crippen LogP contribution is -2.21. The van der Waals surface area contributed by atoms with E-state index in [0.29, 0.717) is 5.92 Å². The van der Waals surface area contributed by atoms with Crippen LogP contribution in [0.15, 0.2) is 30.3 Å². The zero-order valence-electron chi connectivity index (χ0n) is 13.4. The molecule has 0 aliphatic heterocycles. The number of unbranched alkanes of at least 4 members (excludes halogenated alkanes) is 3. The molecule has 1 rings (SSSR count). The summed E-state index contributed by atoms with van der Waals surface area (Å²) < 4.78 is 0. The summed E-state index contributed by atoms with van der Waals surface area (Å²) in [6.45, 7) is 0.142. The van der Waals surface area contributed by atoms with Crippen molar-refractivity contribution < 1.29 is 0 Å². The summed E-state index contributed by atoms with van der Waals surface area (Å²) in [5.41, 5.74) is 1.33.